The Morgan fingerprint density at radius 3 is 2.59 bits per heavy atom. The van der Waals surface area contributed by atoms with Gasteiger partial charge >= 0.3 is 0 Å². The highest BCUT2D eigenvalue weighted by Gasteiger charge is 1.95. The van der Waals surface area contributed by atoms with E-state index < -0.39 is 0 Å². The number of hydrogen-bond donors (Lipinski definition) is 1. The first-order valence-corrected chi connectivity index (χ1v) is 6.06. The maximum Gasteiger partial charge on any atom is 0.0408 e. The fraction of sp³-hybridized carbons (Fsp3) is 0.133. The van der Waals surface area contributed by atoms with Crippen LogP contribution in [-0.4, -0.2) is 6.54 Å². The van der Waals surface area contributed by atoms with Crippen LogP contribution in [0.1, 0.15) is 11.1 Å². The topological polar surface area (TPSA) is 12.0 Å². The SMILES string of the molecule is Clc1cccc([CH]CNCc2ccccc2)c1. The second-order valence-electron chi connectivity index (χ2n) is 3.88. The Hall–Kier alpha value is -1.31. The Labute approximate surface area is 107 Å². The minimum absolute atomic E-state index is 0.779. The zero-order valence-electron chi connectivity index (χ0n) is 9.57. The van der Waals surface area contributed by atoms with Crippen molar-refractivity contribution in [1.82, 2.24) is 5.32 Å². The lowest BCUT2D eigenvalue weighted by Gasteiger charge is -2.05. The molecule has 0 saturated heterocycles. The number of benzene rings is 2. The monoisotopic (exact) mass is 244 g/mol. The van der Waals surface area contributed by atoms with E-state index in [4.69, 9.17) is 11.6 Å². The number of rotatable bonds is 5. The molecule has 2 heteroatoms. The summed E-state index contributed by atoms with van der Waals surface area (Å²) in [5.74, 6) is 0. The molecule has 0 aromatic heterocycles. The van der Waals surface area contributed by atoms with Gasteiger partial charge in [-0.3, -0.25) is 0 Å². The molecule has 0 aliphatic rings. The third-order valence-electron chi connectivity index (χ3n) is 2.50. The van der Waals surface area contributed by atoms with Gasteiger partial charge in [0.15, 0.2) is 0 Å². The predicted octanol–water partition coefficient (Wildman–Crippen LogP) is 3.68. The Bertz CT molecular complexity index is 453. The fourth-order valence-corrected chi connectivity index (χ4v) is 1.83. The van der Waals surface area contributed by atoms with Gasteiger partial charge in [-0.15, -0.1) is 0 Å². The van der Waals surface area contributed by atoms with E-state index in [2.05, 4.69) is 42.1 Å². The van der Waals surface area contributed by atoms with Crippen LogP contribution in [0.4, 0.5) is 0 Å². The Balaban J connectivity index is 1.73. The lowest BCUT2D eigenvalue weighted by molar-refractivity contribution is 0.742. The van der Waals surface area contributed by atoms with Gasteiger partial charge in [0, 0.05) is 24.5 Å². The van der Waals surface area contributed by atoms with E-state index in [1.165, 1.54) is 5.56 Å². The molecule has 1 nitrogen and oxygen atoms in total. The van der Waals surface area contributed by atoms with Crippen LogP contribution in [-0.2, 0) is 6.54 Å². The lowest BCUT2D eigenvalue weighted by Crippen LogP contribution is -2.15. The second kappa shape index (κ2) is 6.43. The molecule has 0 amide bonds. The minimum Gasteiger partial charge on any atom is -0.312 e. The van der Waals surface area contributed by atoms with Crippen LogP contribution < -0.4 is 5.32 Å². The zero-order chi connectivity index (χ0) is 11.9. The summed E-state index contributed by atoms with van der Waals surface area (Å²) in [6.45, 7) is 1.73. The van der Waals surface area contributed by atoms with E-state index in [-0.39, 0.29) is 0 Å². The normalized spacial score (nSPS) is 10.4. The highest BCUT2D eigenvalue weighted by Crippen LogP contribution is 2.11. The average Bonchev–Trinajstić information content (AvgIpc) is 2.36. The van der Waals surface area contributed by atoms with Crippen LogP contribution in [0.2, 0.25) is 5.02 Å². The van der Waals surface area contributed by atoms with Crippen molar-refractivity contribution < 1.29 is 0 Å². The van der Waals surface area contributed by atoms with E-state index in [0.717, 1.165) is 23.7 Å². The molecular weight excluding hydrogens is 230 g/mol. The molecule has 0 spiro atoms. The van der Waals surface area contributed by atoms with E-state index in [1.807, 2.05) is 24.3 Å². The first kappa shape index (κ1) is 12.2. The highest BCUT2D eigenvalue weighted by molar-refractivity contribution is 6.30. The molecule has 0 fully saturated rings. The van der Waals surface area contributed by atoms with Crippen molar-refractivity contribution in [3.63, 3.8) is 0 Å². The van der Waals surface area contributed by atoms with Gasteiger partial charge in [0.1, 0.15) is 0 Å². The summed E-state index contributed by atoms with van der Waals surface area (Å²) in [4.78, 5) is 0. The van der Waals surface area contributed by atoms with E-state index in [9.17, 15) is 0 Å². The summed E-state index contributed by atoms with van der Waals surface area (Å²) in [7, 11) is 0. The Morgan fingerprint density at radius 2 is 1.82 bits per heavy atom. The molecule has 2 rings (SSSR count). The summed E-state index contributed by atoms with van der Waals surface area (Å²) in [6.07, 6.45) is 2.13. The molecule has 0 atom stereocenters. The summed E-state index contributed by atoms with van der Waals surface area (Å²) in [5.41, 5.74) is 2.45. The van der Waals surface area contributed by atoms with Crippen LogP contribution in [0.3, 0.4) is 0 Å². The van der Waals surface area contributed by atoms with Gasteiger partial charge < -0.3 is 5.32 Å². The van der Waals surface area contributed by atoms with Crippen molar-refractivity contribution in [3.05, 3.63) is 77.2 Å². The van der Waals surface area contributed by atoms with E-state index in [0.29, 0.717) is 0 Å². The first-order valence-electron chi connectivity index (χ1n) is 5.68. The Kier molecular flexibility index (Phi) is 4.60. The van der Waals surface area contributed by atoms with E-state index >= 15 is 0 Å². The molecule has 0 aliphatic heterocycles. The summed E-state index contributed by atoms with van der Waals surface area (Å²) >= 11 is 5.91. The van der Waals surface area contributed by atoms with Gasteiger partial charge in [0.2, 0.25) is 0 Å². The molecule has 0 unspecified atom stereocenters. The smallest absolute Gasteiger partial charge is 0.0408 e. The maximum atomic E-state index is 5.91. The predicted molar refractivity (Wildman–Crippen MR) is 73.0 cm³/mol. The van der Waals surface area contributed by atoms with Crippen LogP contribution in [0, 0.1) is 6.42 Å². The van der Waals surface area contributed by atoms with Crippen LogP contribution in [0.15, 0.2) is 54.6 Å². The summed E-state index contributed by atoms with van der Waals surface area (Å²) in [6, 6.07) is 18.2. The molecule has 0 saturated carbocycles. The van der Waals surface area contributed by atoms with Crippen molar-refractivity contribution in [1.29, 1.82) is 0 Å². The van der Waals surface area contributed by atoms with Crippen LogP contribution in [0.5, 0.6) is 0 Å². The zero-order valence-corrected chi connectivity index (χ0v) is 10.3. The second-order valence-corrected chi connectivity index (χ2v) is 4.31. The maximum absolute atomic E-state index is 5.91. The minimum atomic E-state index is 0.779. The molecule has 0 heterocycles. The molecule has 2 aromatic carbocycles. The fourth-order valence-electron chi connectivity index (χ4n) is 1.64. The van der Waals surface area contributed by atoms with Crippen molar-refractivity contribution in [3.8, 4) is 0 Å². The van der Waals surface area contributed by atoms with Crippen molar-refractivity contribution in [2.24, 2.45) is 0 Å². The Morgan fingerprint density at radius 1 is 1.00 bits per heavy atom. The molecule has 2 aromatic rings. The summed E-state index contributed by atoms with van der Waals surface area (Å²) < 4.78 is 0. The van der Waals surface area contributed by atoms with Gasteiger partial charge in [-0.05, 0) is 23.3 Å². The first-order chi connectivity index (χ1) is 8.34. The van der Waals surface area contributed by atoms with Crippen LogP contribution >= 0.6 is 11.6 Å². The molecule has 17 heavy (non-hydrogen) atoms. The number of halogens is 1. The third-order valence-corrected chi connectivity index (χ3v) is 2.74. The van der Waals surface area contributed by atoms with Crippen molar-refractivity contribution in [2.75, 3.05) is 6.54 Å². The molecule has 1 N–H and O–H groups in total. The van der Waals surface area contributed by atoms with Gasteiger partial charge in [-0.25, -0.2) is 0 Å². The standard InChI is InChI=1S/C15H15ClN/c16-15-8-4-7-13(11-15)9-10-17-12-14-5-2-1-3-6-14/h1-9,11,17H,10,12H2. The van der Waals surface area contributed by atoms with Gasteiger partial charge in [0.05, 0.1) is 0 Å². The van der Waals surface area contributed by atoms with Crippen molar-refractivity contribution >= 4 is 11.6 Å². The van der Waals surface area contributed by atoms with Crippen molar-refractivity contribution in [2.45, 2.75) is 6.54 Å². The van der Waals surface area contributed by atoms with E-state index in [1.54, 1.807) is 0 Å². The lowest BCUT2D eigenvalue weighted by atomic mass is 10.1. The van der Waals surface area contributed by atoms with Gasteiger partial charge in [-0.2, -0.15) is 0 Å². The highest BCUT2D eigenvalue weighted by atomic mass is 35.5. The number of hydrogen-bond acceptors (Lipinski definition) is 1. The average molecular weight is 245 g/mol. The third kappa shape index (κ3) is 4.22. The molecule has 0 bridgehead atoms. The molecule has 1 radical (unpaired) electrons. The molecule has 87 valence electrons. The molecule has 0 aliphatic carbocycles. The van der Waals surface area contributed by atoms with Crippen LogP contribution in [0.25, 0.3) is 0 Å². The molecular formula is C15H15ClN. The number of nitrogens with one attached hydrogen (secondary N) is 1. The summed E-state index contributed by atoms with van der Waals surface area (Å²) in [5, 5.41) is 4.15. The van der Waals surface area contributed by atoms with Gasteiger partial charge in [-0.1, -0.05) is 54.1 Å². The van der Waals surface area contributed by atoms with Gasteiger partial charge in [0.25, 0.3) is 0 Å². The quantitative estimate of drug-likeness (QED) is 0.792. The largest absolute Gasteiger partial charge is 0.312 e.